The number of nitrogens with one attached hydrogen (secondary N) is 2. The van der Waals surface area contributed by atoms with Crippen LogP contribution in [0.4, 0.5) is 0 Å². The maximum absolute atomic E-state index is 11.7. The molecular formula is C15H18N2O. The summed E-state index contributed by atoms with van der Waals surface area (Å²) in [4.78, 5) is 15.0. The largest absolute Gasteiger partial charge is 0.361 e. The van der Waals surface area contributed by atoms with Crippen LogP contribution in [0.25, 0.3) is 10.9 Å². The molecule has 0 aliphatic heterocycles. The Morgan fingerprint density at radius 3 is 3.00 bits per heavy atom. The van der Waals surface area contributed by atoms with E-state index < -0.39 is 0 Å². The van der Waals surface area contributed by atoms with Crippen LogP contribution in [0.3, 0.4) is 0 Å². The van der Waals surface area contributed by atoms with Gasteiger partial charge in [-0.2, -0.15) is 0 Å². The number of hydrogen-bond donors (Lipinski definition) is 2. The van der Waals surface area contributed by atoms with Gasteiger partial charge in [-0.25, -0.2) is 0 Å². The predicted molar refractivity (Wildman–Crippen MR) is 72.3 cm³/mol. The van der Waals surface area contributed by atoms with Crippen LogP contribution < -0.4 is 5.32 Å². The molecule has 3 rings (SSSR count). The summed E-state index contributed by atoms with van der Waals surface area (Å²) in [7, 11) is 0. The summed E-state index contributed by atoms with van der Waals surface area (Å²) >= 11 is 0. The van der Waals surface area contributed by atoms with Crippen molar-refractivity contribution in [3.8, 4) is 0 Å². The highest BCUT2D eigenvalue weighted by Gasteiger charge is 2.30. The number of benzene rings is 1. The maximum Gasteiger partial charge on any atom is 0.223 e. The number of carbonyl (C=O) groups is 1. The normalized spacial score (nSPS) is 16.7. The van der Waals surface area contributed by atoms with Gasteiger partial charge in [-0.1, -0.05) is 18.2 Å². The zero-order valence-electron chi connectivity index (χ0n) is 10.6. The third-order valence-corrected chi connectivity index (χ3v) is 3.54. The molecule has 0 saturated heterocycles. The molecule has 1 aromatic heterocycles. The Hall–Kier alpha value is -1.77. The molecule has 0 spiro atoms. The Balaban J connectivity index is 1.69. The summed E-state index contributed by atoms with van der Waals surface area (Å²) in [6, 6.07) is 8.47. The maximum atomic E-state index is 11.7. The average Bonchev–Trinajstić information content (AvgIpc) is 3.14. The van der Waals surface area contributed by atoms with Gasteiger partial charge in [0.15, 0.2) is 0 Å². The molecule has 1 amide bonds. The first kappa shape index (κ1) is 11.3. The average molecular weight is 242 g/mol. The lowest BCUT2D eigenvalue weighted by atomic mass is 10.1. The fraction of sp³-hybridized carbons (Fsp3) is 0.400. The van der Waals surface area contributed by atoms with Gasteiger partial charge in [0.2, 0.25) is 5.91 Å². The Morgan fingerprint density at radius 1 is 1.44 bits per heavy atom. The molecule has 1 atom stereocenters. The number of rotatable bonds is 4. The molecule has 0 radical (unpaired) electrons. The zero-order chi connectivity index (χ0) is 12.5. The number of para-hydroxylation sites is 1. The second kappa shape index (κ2) is 4.48. The van der Waals surface area contributed by atoms with Crippen molar-refractivity contribution in [2.24, 2.45) is 5.92 Å². The van der Waals surface area contributed by atoms with Gasteiger partial charge in [0.1, 0.15) is 0 Å². The summed E-state index contributed by atoms with van der Waals surface area (Å²) in [5.41, 5.74) is 2.43. The molecule has 2 N–H and O–H groups in total. The minimum atomic E-state index is 0.192. The number of hydrogen-bond acceptors (Lipinski definition) is 1. The third-order valence-electron chi connectivity index (χ3n) is 3.54. The highest BCUT2D eigenvalue weighted by Crippen LogP contribution is 2.29. The summed E-state index contributed by atoms with van der Waals surface area (Å²) in [5.74, 6) is 0.512. The van der Waals surface area contributed by atoms with Crippen LogP contribution in [0.15, 0.2) is 30.5 Å². The summed E-state index contributed by atoms with van der Waals surface area (Å²) < 4.78 is 0. The highest BCUT2D eigenvalue weighted by atomic mass is 16.2. The molecule has 1 aliphatic carbocycles. The first-order chi connectivity index (χ1) is 8.74. The van der Waals surface area contributed by atoms with E-state index in [-0.39, 0.29) is 17.9 Å². The topological polar surface area (TPSA) is 44.9 Å². The van der Waals surface area contributed by atoms with Crippen LogP contribution in [-0.4, -0.2) is 16.9 Å². The van der Waals surface area contributed by atoms with E-state index in [0.29, 0.717) is 0 Å². The summed E-state index contributed by atoms with van der Waals surface area (Å²) in [6.45, 7) is 2.07. The van der Waals surface area contributed by atoms with E-state index in [9.17, 15) is 4.79 Å². The quantitative estimate of drug-likeness (QED) is 0.850. The SMILES string of the molecule is C[C@@H](Cc1c[nH]c2ccccc12)NC(=O)C1CC1. The molecule has 18 heavy (non-hydrogen) atoms. The van der Waals surface area contributed by atoms with Crippen molar-refractivity contribution in [1.82, 2.24) is 10.3 Å². The minimum absolute atomic E-state index is 0.192. The fourth-order valence-electron chi connectivity index (χ4n) is 2.39. The van der Waals surface area contributed by atoms with Crippen molar-refractivity contribution in [1.29, 1.82) is 0 Å². The van der Waals surface area contributed by atoms with E-state index in [4.69, 9.17) is 0 Å². The van der Waals surface area contributed by atoms with E-state index in [1.165, 1.54) is 10.9 Å². The molecule has 1 aromatic carbocycles. The molecule has 0 unspecified atom stereocenters. The lowest BCUT2D eigenvalue weighted by Gasteiger charge is -2.13. The molecule has 3 heteroatoms. The first-order valence-electron chi connectivity index (χ1n) is 6.59. The lowest BCUT2D eigenvalue weighted by molar-refractivity contribution is -0.122. The first-order valence-corrected chi connectivity index (χ1v) is 6.59. The van der Waals surface area contributed by atoms with Crippen LogP contribution >= 0.6 is 0 Å². The number of aromatic nitrogens is 1. The van der Waals surface area contributed by atoms with E-state index in [1.54, 1.807) is 0 Å². The minimum Gasteiger partial charge on any atom is -0.361 e. The van der Waals surface area contributed by atoms with Crippen LogP contribution in [0, 0.1) is 5.92 Å². The number of carbonyl (C=O) groups excluding carboxylic acids is 1. The van der Waals surface area contributed by atoms with Crippen LogP contribution in [-0.2, 0) is 11.2 Å². The van der Waals surface area contributed by atoms with E-state index >= 15 is 0 Å². The van der Waals surface area contributed by atoms with Crippen molar-refractivity contribution in [2.45, 2.75) is 32.2 Å². The van der Waals surface area contributed by atoms with Crippen molar-refractivity contribution in [3.63, 3.8) is 0 Å². The van der Waals surface area contributed by atoms with Crippen LogP contribution in [0.1, 0.15) is 25.3 Å². The highest BCUT2D eigenvalue weighted by molar-refractivity contribution is 5.83. The van der Waals surface area contributed by atoms with Crippen molar-refractivity contribution in [2.75, 3.05) is 0 Å². The van der Waals surface area contributed by atoms with Crippen molar-refractivity contribution >= 4 is 16.8 Å². The number of amides is 1. The smallest absolute Gasteiger partial charge is 0.223 e. The van der Waals surface area contributed by atoms with Gasteiger partial charge < -0.3 is 10.3 Å². The molecule has 1 heterocycles. The number of fused-ring (bicyclic) bond motifs is 1. The van der Waals surface area contributed by atoms with Gasteiger partial charge in [0.05, 0.1) is 0 Å². The molecule has 3 nitrogen and oxygen atoms in total. The Kier molecular flexibility index (Phi) is 2.82. The molecule has 1 saturated carbocycles. The Labute approximate surface area is 107 Å². The monoisotopic (exact) mass is 242 g/mol. The molecule has 1 aliphatic rings. The van der Waals surface area contributed by atoms with E-state index in [1.807, 2.05) is 18.3 Å². The van der Waals surface area contributed by atoms with Crippen LogP contribution in [0.5, 0.6) is 0 Å². The summed E-state index contributed by atoms with van der Waals surface area (Å²) in [6.07, 6.45) is 5.05. The van der Waals surface area contributed by atoms with Crippen LogP contribution in [0.2, 0.25) is 0 Å². The molecule has 94 valence electrons. The van der Waals surface area contributed by atoms with Gasteiger partial charge in [0, 0.05) is 29.1 Å². The van der Waals surface area contributed by atoms with Gasteiger partial charge in [0.25, 0.3) is 0 Å². The fourth-order valence-corrected chi connectivity index (χ4v) is 2.39. The van der Waals surface area contributed by atoms with Crippen molar-refractivity contribution < 1.29 is 4.79 Å². The molecular weight excluding hydrogens is 224 g/mol. The second-order valence-corrected chi connectivity index (χ2v) is 5.25. The van der Waals surface area contributed by atoms with Gasteiger partial charge in [-0.3, -0.25) is 4.79 Å². The van der Waals surface area contributed by atoms with E-state index in [2.05, 4.69) is 29.4 Å². The van der Waals surface area contributed by atoms with E-state index in [0.717, 1.165) is 24.8 Å². The third kappa shape index (κ3) is 2.26. The van der Waals surface area contributed by atoms with Gasteiger partial charge in [-0.15, -0.1) is 0 Å². The number of aromatic amines is 1. The summed E-state index contributed by atoms with van der Waals surface area (Å²) in [5, 5.41) is 4.35. The van der Waals surface area contributed by atoms with Crippen molar-refractivity contribution in [3.05, 3.63) is 36.0 Å². The second-order valence-electron chi connectivity index (χ2n) is 5.25. The predicted octanol–water partition coefficient (Wildman–Crippen LogP) is 2.63. The molecule has 2 aromatic rings. The lowest BCUT2D eigenvalue weighted by Crippen LogP contribution is -2.35. The molecule has 1 fully saturated rings. The standard InChI is InChI=1S/C15H18N2O/c1-10(17-15(18)11-6-7-11)8-12-9-16-14-5-3-2-4-13(12)14/h2-5,9-11,16H,6-8H2,1H3,(H,17,18)/t10-/m0/s1. The number of H-pyrrole nitrogens is 1. The Bertz CT molecular complexity index is 569. The van der Waals surface area contributed by atoms with Gasteiger partial charge in [-0.05, 0) is 37.8 Å². The zero-order valence-corrected chi connectivity index (χ0v) is 10.6. The molecule has 0 bridgehead atoms. The van der Waals surface area contributed by atoms with Gasteiger partial charge >= 0.3 is 0 Å². The Morgan fingerprint density at radius 2 is 2.22 bits per heavy atom.